The molecule has 0 fully saturated rings. The van der Waals surface area contributed by atoms with Crippen LogP contribution in [0.25, 0.3) is 0 Å². The number of halogens is 1. The molecule has 5 rings (SSSR count). The van der Waals surface area contributed by atoms with Gasteiger partial charge in [-0.15, -0.1) is 11.3 Å². The molecule has 2 aromatic carbocycles. The summed E-state index contributed by atoms with van der Waals surface area (Å²) in [6.07, 6.45) is 0.468. The minimum atomic E-state index is -0.481. The van der Waals surface area contributed by atoms with Gasteiger partial charge in [0.25, 0.3) is 5.91 Å². The molecule has 1 amide bonds. The lowest BCUT2D eigenvalue weighted by molar-refractivity contribution is 0.0729. The summed E-state index contributed by atoms with van der Waals surface area (Å²) in [6, 6.07) is 12.3. The summed E-state index contributed by atoms with van der Waals surface area (Å²) >= 11 is 5.01. The number of rotatable bonds is 4. The van der Waals surface area contributed by atoms with Crippen LogP contribution in [0.15, 0.2) is 46.9 Å². The molecule has 33 heavy (non-hydrogen) atoms. The molecule has 0 saturated carbocycles. The van der Waals surface area contributed by atoms with Crippen LogP contribution in [0.4, 0.5) is 5.00 Å². The van der Waals surface area contributed by atoms with E-state index in [1.165, 1.54) is 12.0 Å². The zero-order chi connectivity index (χ0) is 23.1. The third-order valence-corrected chi connectivity index (χ3v) is 7.45. The van der Waals surface area contributed by atoms with E-state index in [9.17, 15) is 9.59 Å². The minimum Gasteiger partial charge on any atom is -0.493 e. The SMILES string of the molecule is COc1cc([C@H]2NC(=O)c3c(sc4c3CCN(C)C4)N2)ccc1OC(=O)c1cccc(Br)c1. The first-order valence-corrected chi connectivity index (χ1v) is 12.1. The van der Waals surface area contributed by atoms with Gasteiger partial charge in [0.1, 0.15) is 11.2 Å². The van der Waals surface area contributed by atoms with Gasteiger partial charge in [-0.05, 0) is 54.9 Å². The smallest absolute Gasteiger partial charge is 0.343 e. The fraction of sp³-hybridized carbons (Fsp3) is 0.250. The van der Waals surface area contributed by atoms with Gasteiger partial charge < -0.3 is 25.0 Å². The highest BCUT2D eigenvalue weighted by molar-refractivity contribution is 9.10. The van der Waals surface area contributed by atoms with Crippen LogP contribution < -0.4 is 20.1 Å². The highest BCUT2D eigenvalue weighted by Crippen LogP contribution is 2.41. The van der Waals surface area contributed by atoms with Crippen molar-refractivity contribution < 1.29 is 19.1 Å². The predicted octanol–water partition coefficient (Wildman–Crippen LogP) is 4.58. The van der Waals surface area contributed by atoms with E-state index < -0.39 is 12.1 Å². The standard InChI is InChI=1S/C24H22BrN3O4S/c1-28-9-8-16-19(12-28)33-23-20(16)22(29)26-21(27-23)13-6-7-17(18(11-13)31-2)32-24(30)14-4-3-5-15(25)10-14/h3-7,10-11,21,27H,8-9,12H2,1-2H3,(H,26,29)/t21-/m0/s1. The number of amides is 1. The summed E-state index contributed by atoms with van der Waals surface area (Å²) in [5.74, 6) is 0.165. The summed E-state index contributed by atoms with van der Waals surface area (Å²) in [5.41, 5.74) is 3.16. The predicted molar refractivity (Wildman–Crippen MR) is 130 cm³/mol. The molecular formula is C24H22BrN3O4S. The first kappa shape index (κ1) is 21.9. The van der Waals surface area contributed by atoms with Crippen molar-refractivity contribution in [3.63, 3.8) is 0 Å². The number of carbonyl (C=O) groups is 2. The monoisotopic (exact) mass is 527 g/mol. The van der Waals surface area contributed by atoms with Crippen LogP contribution in [-0.4, -0.2) is 37.5 Å². The lowest BCUT2D eigenvalue weighted by atomic mass is 10.0. The topological polar surface area (TPSA) is 79.9 Å². The van der Waals surface area contributed by atoms with Gasteiger partial charge in [-0.3, -0.25) is 4.79 Å². The van der Waals surface area contributed by atoms with Crippen LogP contribution in [0.5, 0.6) is 11.5 Å². The van der Waals surface area contributed by atoms with E-state index in [2.05, 4.69) is 38.5 Å². The Hall–Kier alpha value is -2.88. The number of esters is 1. The summed E-state index contributed by atoms with van der Waals surface area (Å²) in [5, 5.41) is 7.41. The molecule has 1 atom stereocenters. The second-order valence-corrected chi connectivity index (χ2v) is 10.1. The molecule has 3 heterocycles. The Morgan fingerprint density at radius 1 is 1.18 bits per heavy atom. The number of likely N-dealkylation sites (N-methyl/N-ethyl adjacent to an activating group) is 1. The molecule has 0 spiro atoms. The van der Waals surface area contributed by atoms with E-state index in [0.717, 1.165) is 45.7 Å². The molecule has 170 valence electrons. The van der Waals surface area contributed by atoms with Crippen LogP contribution >= 0.6 is 27.3 Å². The van der Waals surface area contributed by atoms with Gasteiger partial charge in [-0.2, -0.15) is 0 Å². The number of nitrogens with zero attached hydrogens (tertiary/aromatic N) is 1. The average molecular weight is 528 g/mol. The van der Waals surface area contributed by atoms with Crippen molar-refractivity contribution in [1.82, 2.24) is 10.2 Å². The first-order valence-electron chi connectivity index (χ1n) is 10.5. The Kier molecular flexibility index (Phi) is 5.86. The van der Waals surface area contributed by atoms with Crippen molar-refractivity contribution in [3.8, 4) is 11.5 Å². The van der Waals surface area contributed by atoms with Crippen LogP contribution in [0.1, 0.15) is 42.9 Å². The fourth-order valence-electron chi connectivity index (χ4n) is 4.13. The molecule has 9 heteroatoms. The van der Waals surface area contributed by atoms with Gasteiger partial charge in [-0.1, -0.05) is 28.1 Å². The van der Waals surface area contributed by atoms with Crippen LogP contribution in [0.2, 0.25) is 0 Å². The molecule has 0 bridgehead atoms. The maximum atomic E-state index is 13.0. The molecule has 0 radical (unpaired) electrons. The van der Waals surface area contributed by atoms with Crippen molar-refractivity contribution in [2.75, 3.05) is 26.0 Å². The minimum absolute atomic E-state index is 0.0695. The van der Waals surface area contributed by atoms with E-state index in [4.69, 9.17) is 9.47 Å². The maximum absolute atomic E-state index is 13.0. The summed E-state index contributed by atoms with van der Waals surface area (Å²) in [7, 11) is 3.61. The molecule has 0 saturated heterocycles. The average Bonchev–Trinajstić information content (AvgIpc) is 3.17. The van der Waals surface area contributed by atoms with E-state index >= 15 is 0 Å². The largest absolute Gasteiger partial charge is 0.493 e. The normalized spacial score (nSPS) is 17.4. The van der Waals surface area contributed by atoms with Crippen molar-refractivity contribution in [3.05, 3.63) is 74.1 Å². The van der Waals surface area contributed by atoms with Crippen molar-refractivity contribution in [2.45, 2.75) is 19.1 Å². The Labute approximate surface area is 203 Å². The second-order valence-electron chi connectivity index (χ2n) is 8.06. The number of fused-ring (bicyclic) bond motifs is 3. The van der Waals surface area contributed by atoms with Gasteiger partial charge in [0, 0.05) is 22.4 Å². The summed E-state index contributed by atoms with van der Waals surface area (Å²) < 4.78 is 11.8. The number of carbonyl (C=O) groups excluding carboxylic acids is 2. The van der Waals surface area contributed by atoms with Gasteiger partial charge >= 0.3 is 5.97 Å². The number of nitrogens with one attached hydrogen (secondary N) is 2. The van der Waals surface area contributed by atoms with E-state index in [0.29, 0.717) is 17.1 Å². The Bertz CT molecular complexity index is 1260. The number of thiophene rings is 1. The van der Waals surface area contributed by atoms with Gasteiger partial charge in [0.05, 0.1) is 18.2 Å². The summed E-state index contributed by atoms with van der Waals surface area (Å²) in [4.78, 5) is 29.0. The number of ether oxygens (including phenoxy) is 2. The number of hydrogen-bond donors (Lipinski definition) is 2. The molecule has 2 aliphatic rings. The first-order chi connectivity index (χ1) is 15.9. The molecule has 7 nitrogen and oxygen atoms in total. The quantitative estimate of drug-likeness (QED) is 0.381. The van der Waals surface area contributed by atoms with E-state index in [1.807, 2.05) is 12.1 Å². The molecule has 2 aliphatic heterocycles. The Morgan fingerprint density at radius 3 is 2.82 bits per heavy atom. The van der Waals surface area contributed by atoms with E-state index in [1.54, 1.807) is 41.7 Å². The van der Waals surface area contributed by atoms with Crippen LogP contribution in [0, 0.1) is 0 Å². The van der Waals surface area contributed by atoms with Gasteiger partial charge in [0.15, 0.2) is 11.5 Å². The van der Waals surface area contributed by atoms with Crippen LogP contribution in [-0.2, 0) is 13.0 Å². The maximum Gasteiger partial charge on any atom is 0.343 e. The zero-order valence-electron chi connectivity index (χ0n) is 18.1. The van der Waals surface area contributed by atoms with E-state index in [-0.39, 0.29) is 5.91 Å². The molecule has 3 aromatic rings. The number of anilines is 1. The molecular weight excluding hydrogens is 506 g/mol. The third kappa shape index (κ3) is 4.23. The number of hydrogen-bond acceptors (Lipinski definition) is 7. The van der Waals surface area contributed by atoms with Crippen molar-refractivity contribution >= 4 is 44.1 Å². The lowest BCUT2D eigenvalue weighted by Gasteiger charge is -2.27. The molecule has 2 N–H and O–H groups in total. The zero-order valence-corrected chi connectivity index (χ0v) is 20.5. The Morgan fingerprint density at radius 2 is 2.03 bits per heavy atom. The van der Waals surface area contributed by atoms with Crippen molar-refractivity contribution in [2.24, 2.45) is 0 Å². The molecule has 0 unspecified atom stereocenters. The third-order valence-electron chi connectivity index (χ3n) is 5.81. The number of methoxy groups -OCH3 is 1. The molecule has 0 aliphatic carbocycles. The number of benzene rings is 2. The Balaban J connectivity index is 1.38. The fourth-order valence-corrected chi connectivity index (χ4v) is 5.89. The second kappa shape index (κ2) is 8.81. The summed E-state index contributed by atoms with van der Waals surface area (Å²) in [6.45, 7) is 1.81. The highest BCUT2D eigenvalue weighted by Gasteiger charge is 2.33. The van der Waals surface area contributed by atoms with Gasteiger partial charge in [0.2, 0.25) is 0 Å². The van der Waals surface area contributed by atoms with Crippen LogP contribution in [0.3, 0.4) is 0 Å². The lowest BCUT2D eigenvalue weighted by Crippen LogP contribution is -2.38. The van der Waals surface area contributed by atoms with Crippen molar-refractivity contribution in [1.29, 1.82) is 0 Å². The van der Waals surface area contributed by atoms with Gasteiger partial charge in [-0.25, -0.2) is 4.79 Å². The highest BCUT2D eigenvalue weighted by atomic mass is 79.9. The molecule has 1 aromatic heterocycles.